The second-order valence-electron chi connectivity index (χ2n) is 3.42. The van der Waals surface area contributed by atoms with Crippen molar-refractivity contribution < 1.29 is 4.79 Å². The standard InChI is InChI=1S/C13H11NO/c1-10-5-6-11(9-15)12(8-10)13-4-2-3-7-14-13/h2-9H,1H3. The third-order valence-electron chi connectivity index (χ3n) is 2.28. The highest BCUT2D eigenvalue weighted by Crippen LogP contribution is 2.21. The Balaban J connectivity index is 2.61. The van der Waals surface area contributed by atoms with Gasteiger partial charge in [0.25, 0.3) is 0 Å². The molecule has 0 N–H and O–H groups in total. The molecular formula is C13H11NO. The molecule has 1 aromatic carbocycles. The van der Waals surface area contributed by atoms with E-state index in [9.17, 15) is 4.79 Å². The number of aldehydes is 1. The van der Waals surface area contributed by atoms with Gasteiger partial charge in [0.2, 0.25) is 0 Å². The molecule has 74 valence electrons. The SMILES string of the molecule is Cc1ccc(C=O)c(-c2ccccn2)c1. The van der Waals surface area contributed by atoms with Gasteiger partial charge in [-0.25, -0.2) is 0 Å². The molecule has 1 aromatic heterocycles. The minimum Gasteiger partial charge on any atom is -0.298 e. The van der Waals surface area contributed by atoms with E-state index in [1.165, 1.54) is 0 Å². The smallest absolute Gasteiger partial charge is 0.150 e. The Morgan fingerprint density at radius 1 is 1.20 bits per heavy atom. The molecule has 0 aliphatic carbocycles. The molecule has 1 heterocycles. The van der Waals surface area contributed by atoms with Crippen molar-refractivity contribution in [3.05, 3.63) is 53.7 Å². The molecule has 2 rings (SSSR count). The van der Waals surface area contributed by atoms with Crippen LogP contribution in [-0.2, 0) is 0 Å². The van der Waals surface area contributed by atoms with Crippen molar-refractivity contribution in [3.8, 4) is 11.3 Å². The lowest BCUT2D eigenvalue weighted by molar-refractivity contribution is 0.112. The highest BCUT2D eigenvalue weighted by atomic mass is 16.1. The van der Waals surface area contributed by atoms with Gasteiger partial charge in [0, 0.05) is 17.3 Å². The van der Waals surface area contributed by atoms with E-state index < -0.39 is 0 Å². The fourth-order valence-electron chi connectivity index (χ4n) is 1.52. The van der Waals surface area contributed by atoms with Gasteiger partial charge >= 0.3 is 0 Å². The number of nitrogens with zero attached hydrogens (tertiary/aromatic N) is 1. The number of benzene rings is 1. The molecule has 2 heteroatoms. The lowest BCUT2D eigenvalue weighted by Gasteiger charge is -2.04. The molecule has 2 nitrogen and oxygen atoms in total. The maximum absolute atomic E-state index is 10.9. The Morgan fingerprint density at radius 3 is 2.73 bits per heavy atom. The van der Waals surface area contributed by atoms with Crippen molar-refractivity contribution >= 4 is 6.29 Å². The van der Waals surface area contributed by atoms with E-state index in [1.54, 1.807) is 6.20 Å². The molecule has 0 fully saturated rings. The van der Waals surface area contributed by atoms with Gasteiger partial charge in [-0.05, 0) is 25.1 Å². The summed E-state index contributed by atoms with van der Waals surface area (Å²) >= 11 is 0. The van der Waals surface area contributed by atoms with Crippen molar-refractivity contribution in [1.82, 2.24) is 4.98 Å². The van der Waals surface area contributed by atoms with Gasteiger partial charge in [0.15, 0.2) is 6.29 Å². The number of rotatable bonds is 2. The summed E-state index contributed by atoms with van der Waals surface area (Å²) in [6, 6.07) is 11.4. The van der Waals surface area contributed by atoms with Crippen LogP contribution in [-0.4, -0.2) is 11.3 Å². The van der Waals surface area contributed by atoms with Crippen molar-refractivity contribution in [1.29, 1.82) is 0 Å². The number of aromatic nitrogens is 1. The highest BCUT2D eigenvalue weighted by Gasteiger charge is 2.04. The van der Waals surface area contributed by atoms with Crippen LogP contribution >= 0.6 is 0 Å². The molecular weight excluding hydrogens is 186 g/mol. The summed E-state index contributed by atoms with van der Waals surface area (Å²) in [5.74, 6) is 0. The van der Waals surface area contributed by atoms with Gasteiger partial charge < -0.3 is 0 Å². The van der Waals surface area contributed by atoms with Gasteiger partial charge in [-0.15, -0.1) is 0 Å². The number of carbonyl (C=O) groups excluding carboxylic acids is 1. The fraction of sp³-hybridized carbons (Fsp3) is 0.0769. The van der Waals surface area contributed by atoms with E-state index in [0.717, 1.165) is 23.1 Å². The maximum Gasteiger partial charge on any atom is 0.150 e. The summed E-state index contributed by atoms with van der Waals surface area (Å²) in [6.45, 7) is 2.00. The Labute approximate surface area is 88.6 Å². The van der Waals surface area contributed by atoms with Crippen LogP contribution in [0.5, 0.6) is 0 Å². The molecule has 0 saturated carbocycles. The zero-order chi connectivity index (χ0) is 10.7. The van der Waals surface area contributed by atoms with Gasteiger partial charge in [0.1, 0.15) is 0 Å². The summed E-state index contributed by atoms with van der Waals surface area (Å²) in [4.78, 5) is 15.1. The third kappa shape index (κ3) is 1.94. The Hall–Kier alpha value is -1.96. The molecule has 0 aliphatic rings. The number of pyridine rings is 1. The van der Waals surface area contributed by atoms with Crippen LogP contribution in [0.2, 0.25) is 0 Å². The average molecular weight is 197 g/mol. The van der Waals surface area contributed by atoms with E-state index in [0.29, 0.717) is 5.56 Å². The van der Waals surface area contributed by atoms with E-state index >= 15 is 0 Å². The molecule has 0 spiro atoms. The topological polar surface area (TPSA) is 30.0 Å². The predicted octanol–water partition coefficient (Wildman–Crippen LogP) is 2.87. The van der Waals surface area contributed by atoms with E-state index in [2.05, 4.69) is 4.98 Å². The summed E-state index contributed by atoms with van der Waals surface area (Å²) in [6.07, 6.45) is 2.59. The van der Waals surface area contributed by atoms with Crippen LogP contribution in [0.1, 0.15) is 15.9 Å². The third-order valence-corrected chi connectivity index (χ3v) is 2.28. The van der Waals surface area contributed by atoms with Crippen LogP contribution in [0.4, 0.5) is 0 Å². The Bertz CT molecular complexity index is 477. The normalized spacial score (nSPS) is 9.93. The largest absolute Gasteiger partial charge is 0.298 e. The predicted molar refractivity (Wildman–Crippen MR) is 59.8 cm³/mol. The molecule has 0 bridgehead atoms. The molecule has 0 unspecified atom stereocenters. The molecule has 0 atom stereocenters. The van der Waals surface area contributed by atoms with Crippen molar-refractivity contribution in [3.63, 3.8) is 0 Å². The monoisotopic (exact) mass is 197 g/mol. The zero-order valence-electron chi connectivity index (χ0n) is 8.47. The van der Waals surface area contributed by atoms with Crippen molar-refractivity contribution in [2.24, 2.45) is 0 Å². The average Bonchev–Trinajstić information content (AvgIpc) is 2.30. The van der Waals surface area contributed by atoms with Gasteiger partial charge in [-0.1, -0.05) is 23.8 Å². The minimum atomic E-state index is 0.680. The zero-order valence-corrected chi connectivity index (χ0v) is 8.47. The lowest BCUT2D eigenvalue weighted by atomic mass is 10.0. The molecule has 0 aliphatic heterocycles. The molecule has 0 radical (unpaired) electrons. The van der Waals surface area contributed by atoms with Crippen LogP contribution in [0.25, 0.3) is 11.3 Å². The second-order valence-corrected chi connectivity index (χ2v) is 3.42. The van der Waals surface area contributed by atoms with Crippen LogP contribution in [0.3, 0.4) is 0 Å². The van der Waals surface area contributed by atoms with E-state index in [-0.39, 0.29) is 0 Å². The molecule has 0 saturated heterocycles. The first-order chi connectivity index (χ1) is 7.31. The van der Waals surface area contributed by atoms with Crippen molar-refractivity contribution in [2.75, 3.05) is 0 Å². The fourth-order valence-corrected chi connectivity index (χ4v) is 1.52. The van der Waals surface area contributed by atoms with E-state index in [1.807, 2.05) is 43.3 Å². The second kappa shape index (κ2) is 4.05. The lowest BCUT2D eigenvalue weighted by Crippen LogP contribution is -1.90. The van der Waals surface area contributed by atoms with E-state index in [4.69, 9.17) is 0 Å². The number of hydrogen-bond acceptors (Lipinski definition) is 2. The Kier molecular flexibility index (Phi) is 2.59. The molecule has 15 heavy (non-hydrogen) atoms. The minimum absolute atomic E-state index is 0.680. The number of hydrogen-bond donors (Lipinski definition) is 0. The van der Waals surface area contributed by atoms with Crippen LogP contribution in [0.15, 0.2) is 42.6 Å². The molecule has 0 amide bonds. The first-order valence-electron chi connectivity index (χ1n) is 4.78. The van der Waals surface area contributed by atoms with Crippen LogP contribution < -0.4 is 0 Å². The van der Waals surface area contributed by atoms with Gasteiger partial charge in [-0.3, -0.25) is 9.78 Å². The van der Waals surface area contributed by atoms with Crippen molar-refractivity contribution in [2.45, 2.75) is 6.92 Å². The first-order valence-corrected chi connectivity index (χ1v) is 4.78. The molecule has 2 aromatic rings. The van der Waals surface area contributed by atoms with Gasteiger partial charge in [-0.2, -0.15) is 0 Å². The van der Waals surface area contributed by atoms with Gasteiger partial charge in [0.05, 0.1) is 5.69 Å². The number of aryl methyl sites for hydroxylation is 1. The summed E-state index contributed by atoms with van der Waals surface area (Å²) in [5, 5.41) is 0. The van der Waals surface area contributed by atoms with Crippen LogP contribution in [0, 0.1) is 6.92 Å². The number of carbonyl (C=O) groups is 1. The quantitative estimate of drug-likeness (QED) is 0.693. The summed E-state index contributed by atoms with van der Waals surface area (Å²) < 4.78 is 0. The first kappa shape index (κ1) is 9.59. The summed E-state index contributed by atoms with van der Waals surface area (Å²) in [7, 11) is 0. The maximum atomic E-state index is 10.9. The highest BCUT2D eigenvalue weighted by molar-refractivity contribution is 5.86. The Morgan fingerprint density at radius 2 is 2.07 bits per heavy atom. The summed E-state index contributed by atoms with van der Waals surface area (Å²) in [5.41, 5.74) is 3.54.